The first kappa shape index (κ1) is 19.4. The summed E-state index contributed by atoms with van der Waals surface area (Å²) in [5.74, 6) is -0.319. The quantitative estimate of drug-likeness (QED) is 0.745. The summed E-state index contributed by atoms with van der Waals surface area (Å²) in [6, 6.07) is 12.5. The first-order chi connectivity index (χ1) is 12.4. The van der Waals surface area contributed by atoms with Crippen LogP contribution in [0.4, 0.5) is 5.69 Å². The van der Waals surface area contributed by atoms with Crippen LogP contribution >= 0.6 is 27.5 Å². The highest BCUT2D eigenvalue weighted by Crippen LogP contribution is 2.27. The third-order valence-electron chi connectivity index (χ3n) is 4.27. The lowest BCUT2D eigenvalue weighted by Crippen LogP contribution is -2.49. The molecule has 0 aliphatic carbocycles. The molecule has 1 heterocycles. The Labute approximate surface area is 166 Å². The van der Waals surface area contributed by atoms with Gasteiger partial charge in [-0.3, -0.25) is 4.79 Å². The van der Waals surface area contributed by atoms with Gasteiger partial charge >= 0.3 is 0 Å². The molecule has 2 aromatic rings. The molecule has 1 aliphatic rings. The van der Waals surface area contributed by atoms with Gasteiger partial charge in [0.25, 0.3) is 0 Å². The zero-order chi connectivity index (χ0) is 18.7. The SMILES string of the molecule is O=C(Nc1cccc(Br)c1)[C@H]1CCCCN1S(=O)(=O)c1ccc(Cl)cc1. The zero-order valence-corrected chi connectivity index (χ0v) is 17.0. The van der Waals surface area contributed by atoms with E-state index >= 15 is 0 Å². The number of rotatable bonds is 4. The lowest BCUT2D eigenvalue weighted by atomic mass is 10.0. The largest absolute Gasteiger partial charge is 0.325 e. The molecule has 1 fully saturated rings. The summed E-state index contributed by atoms with van der Waals surface area (Å²) in [4.78, 5) is 12.9. The minimum Gasteiger partial charge on any atom is -0.325 e. The van der Waals surface area contributed by atoms with Crippen LogP contribution in [0.15, 0.2) is 57.9 Å². The molecule has 1 N–H and O–H groups in total. The van der Waals surface area contributed by atoms with E-state index < -0.39 is 16.1 Å². The molecule has 3 rings (SSSR count). The second kappa shape index (κ2) is 8.08. The van der Waals surface area contributed by atoms with Gasteiger partial charge < -0.3 is 5.32 Å². The smallest absolute Gasteiger partial charge is 0.243 e. The highest BCUT2D eigenvalue weighted by molar-refractivity contribution is 9.10. The molecule has 26 heavy (non-hydrogen) atoms. The standard InChI is InChI=1S/C18H18BrClN2O3S/c19-13-4-3-5-15(12-13)21-18(23)17-6-1-2-11-22(17)26(24,25)16-9-7-14(20)8-10-16/h3-5,7-10,12,17H,1-2,6,11H2,(H,21,23)/t17-/m1/s1. The van der Waals surface area contributed by atoms with Crippen molar-refractivity contribution >= 4 is 49.1 Å². The van der Waals surface area contributed by atoms with E-state index in [0.717, 1.165) is 17.3 Å². The molecule has 0 unspecified atom stereocenters. The number of nitrogens with one attached hydrogen (secondary N) is 1. The normalized spacial score (nSPS) is 18.5. The molecule has 8 heteroatoms. The van der Waals surface area contributed by atoms with Crippen molar-refractivity contribution in [2.45, 2.75) is 30.2 Å². The maximum atomic E-state index is 13.0. The molecule has 138 valence electrons. The highest BCUT2D eigenvalue weighted by atomic mass is 79.9. The minimum atomic E-state index is -3.77. The first-order valence-electron chi connectivity index (χ1n) is 8.22. The highest BCUT2D eigenvalue weighted by Gasteiger charge is 2.37. The summed E-state index contributed by atoms with van der Waals surface area (Å²) < 4.78 is 28.2. The fourth-order valence-electron chi connectivity index (χ4n) is 2.99. The van der Waals surface area contributed by atoms with Crippen molar-refractivity contribution in [1.29, 1.82) is 0 Å². The third kappa shape index (κ3) is 4.28. The van der Waals surface area contributed by atoms with Crippen LogP contribution in [-0.4, -0.2) is 31.2 Å². The molecule has 0 spiro atoms. The number of hydrogen-bond acceptors (Lipinski definition) is 3. The molecule has 0 aromatic heterocycles. The van der Waals surface area contributed by atoms with Crippen LogP contribution in [0.2, 0.25) is 5.02 Å². The molecule has 1 atom stereocenters. The maximum absolute atomic E-state index is 13.0. The van der Waals surface area contributed by atoms with E-state index in [1.54, 1.807) is 12.1 Å². The van der Waals surface area contributed by atoms with Crippen LogP contribution < -0.4 is 5.32 Å². The van der Waals surface area contributed by atoms with Crippen molar-refractivity contribution < 1.29 is 13.2 Å². The van der Waals surface area contributed by atoms with Crippen LogP contribution in [-0.2, 0) is 14.8 Å². The van der Waals surface area contributed by atoms with Crippen molar-refractivity contribution in [2.75, 3.05) is 11.9 Å². The van der Waals surface area contributed by atoms with Gasteiger partial charge in [-0.15, -0.1) is 0 Å². The number of carbonyl (C=O) groups excluding carboxylic acids is 1. The number of anilines is 1. The zero-order valence-electron chi connectivity index (χ0n) is 13.9. The Morgan fingerprint density at radius 2 is 1.88 bits per heavy atom. The average Bonchev–Trinajstić information content (AvgIpc) is 2.62. The Hall–Kier alpha value is -1.41. The van der Waals surface area contributed by atoms with Gasteiger partial charge in [0.2, 0.25) is 15.9 Å². The molecule has 0 saturated carbocycles. The molecule has 1 aliphatic heterocycles. The van der Waals surface area contributed by atoms with Crippen molar-refractivity contribution in [1.82, 2.24) is 4.31 Å². The van der Waals surface area contributed by atoms with Crippen molar-refractivity contribution in [3.8, 4) is 0 Å². The topological polar surface area (TPSA) is 66.5 Å². The van der Waals surface area contributed by atoms with Gasteiger partial charge in [0, 0.05) is 21.7 Å². The number of benzene rings is 2. The van der Waals surface area contributed by atoms with Crippen LogP contribution in [0.25, 0.3) is 0 Å². The van der Waals surface area contributed by atoms with Crippen LogP contribution in [0, 0.1) is 0 Å². The monoisotopic (exact) mass is 456 g/mol. The van der Waals surface area contributed by atoms with Crippen LogP contribution in [0.3, 0.4) is 0 Å². The van der Waals surface area contributed by atoms with E-state index in [4.69, 9.17) is 11.6 Å². The summed E-state index contributed by atoms with van der Waals surface area (Å²) >= 11 is 9.21. The summed E-state index contributed by atoms with van der Waals surface area (Å²) in [5.41, 5.74) is 0.624. The summed E-state index contributed by atoms with van der Waals surface area (Å²) in [6.45, 7) is 0.321. The van der Waals surface area contributed by atoms with Crippen molar-refractivity contribution in [3.63, 3.8) is 0 Å². The van der Waals surface area contributed by atoms with Gasteiger partial charge in [-0.25, -0.2) is 8.42 Å². The fourth-order valence-corrected chi connectivity index (χ4v) is 5.17. The average molecular weight is 458 g/mol. The van der Waals surface area contributed by atoms with Gasteiger partial charge in [-0.1, -0.05) is 40.0 Å². The molecule has 2 aromatic carbocycles. The van der Waals surface area contributed by atoms with E-state index in [2.05, 4.69) is 21.2 Å². The molecule has 1 saturated heterocycles. The number of amides is 1. The van der Waals surface area contributed by atoms with E-state index in [1.165, 1.54) is 28.6 Å². The lowest BCUT2D eigenvalue weighted by Gasteiger charge is -2.33. The Morgan fingerprint density at radius 3 is 2.58 bits per heavy atom. The van der Waals surface area contributed by atoms with Crippen molar-refractivity contribution in [3.05, 3.63) is 58.0 Å². The van der Waals surface area contributed by atoms with E-state index in [9.17, 15) is 13.2 Å². The molecule has 0 radical (unpaired) electrons. The number of hydrogen-bond donors (Lipinski definition) is 1. The Bertz CT molecular complexity index is 903. The second-order valence-corrected chi connectivity index (χ2v) is 9.32. The Kier molecular flexibility index (Phi) is 6.02. The number of sulfonamides is 1. The number of halogens is 2. The van der Waals surface area contributed by atoms with E-state index in [1.807, 2.05) is 12.1 Å². The molecular formula is C18H18BrClN2O3S. The lowest BCUT2D eigenvalue weighted by molar-refractivity contribution is -0.120. The summed E-state index contributed by atoms with van der Waals surface area (Å²) in [5, 5.41) is 3.28. The molecule has 1 amide bonds. The van der Waals surface area contributed by atoms with Gasteiger partial charge in [0.05, 0.1) is 4.90 Å². The van der Waals surface area contributed by atoms with Gasteiger partial charge in [-0.2, -0.15) is 4.31 Å². The second-order valence-electron chi connectivity index (χ2n) is 6.08. The maximum Gasteiger partial charge on any atom is 0.243 e. The number of piperidine rings is 1. The van der Waals surface area contributed by atoms with Crippen LogP contribution in [0.5, 0.6) is 0 Å². The summed E-state index contributed by atoms with van der Waals surface area (Å²) in [7, 11) is -3.77. The molecule has 0 bridgehead atoms. The predicted molar refractivity (Wildman–Crippen MR) is 106 cm³/mol. The Balaban J connectivity index is 1.85. The van der Waals surface area contributed by atoms with E-state index in [-0.39, 0.29) is 10.8 Å². The number of carbonyl (C=O) groups is 1. The van der Waals surface area contributed by atoms with Gasteiger partial charge in [0.1, 0.15) is 6.04 Å². The summed E-state index contributed by atoms with van der Waals surface area (Å²) in [6.07, 6.45) is 2.03. The third-order valence-corrected chi connectivity index (χ3v) is 6.94. The van der Waals surface area contributed by atoms with E-state index in [0.29, 0.717) is 23.7 Å². The molecular weight excluding hydrogens is 440 g/mol. The van der Waals surface area contributed by atoms with Crippen LogP contribution in [0.1, 0.15) is 19.3 Å². The number of nitrogens with zero attached hydrogens (tertiary/aromatic N) is 1. The Morgan fingerprint density at radius 1 is 1.15 bits per heavy atom. The fraction of sp³-hybridized carbons (Fsp3) is 0.278. The predicted octanol–water partition coefficient (Wildman–Crippen LogP) is 4.28. The van der Waals surface area contributed by atoms with Gasteiger partial charge in [0.15, 0.2) is 0 Å². The first-order valence-corrected chi connectivity index (χ1v) is 10.8. The molecule has 5 nitrogen and oxygen atoms in total. The minimum absolute atomic E-state index is 0.143. The van der Waals surface area contributed by atoms with Crippen molar-refractivity contribution in [2.24, 2.45) is 0 Å². The van der Waals surface area contributed by atoms with Gasteiger partial charge in [-0.05, 0) is 55.3 Å².